The molecule has 0 spiro atoms. The number of nitrogens with zero attached hydrogens (tertiary/aromatic N) is 2. The molecule has 0 aliphatic rings. The Kier molecular flexibility index (Phi) is 5.22. The molecule has 1 heterocycles. The first-order valence-corrected chi connectivity index (χ1v) is 7.21. The van der Waals surface area contributed by atoms with Gasteiger partial charge in [-0.05, 0) is 31.7 Å². The fourth-order valence-corrected chi connectivity index (χ4v) is 2.38. The molecule has 0 saturated carbocycles. The Hall–Kier alpha value is -2.01. The Morgan fingerprint density at radius 3 is 2.62 bits per heavy atom. The van der Waals surface area contributed by atoms with Crippen molar-refractivity contribution in [1.29, 1.82) is 0 Å². The number of aromatic nitrogens is 2. The molecule has 5 nitrogen and oxygen atoms in total. The van der Waals surface area contributed by atoms with Gasteiger partial charge in [0.2, 0.25) is 0 Å². The molecule has 0 fully saturated rings. The first-order valence-electron chi connectivity index (χ1n) is 7.21. The first-order chi connectivity index (χ1) is 10.2. The Morgan fingerprint density at radius 1 is 1.24 bits per heavy atom. The second-order valence-electron chi connectivity index (χ2n) is 4.73. The quantitative estimate of drug-likeness (QED) is 0.851. The maximum absolute atomic E-state index is 5.50. The van der Waals surface area contributed by atoms with Gasteiger partial charge in [0.15, 0.2) is 0 Å². The molecule has 0 bridgehead atoms. The molecular weight excluding hydrogens is 266 g/mol. The average molecular weight is 289 g/mol. The van der Waals surface area contributed by atoms with Gasteiger partial charge < -0.3 is 14.8 Å². The maximum atomic E-state index is 5.50. The topological polar surface area (TPSA) is 48.3 Å². The van der Waals surface area contributed by atoms with Crippen LogP contribution < -0.4 is 14.8 Å². The van der Waals surface area contributed by atoms with Gasteiger partial charge >= 0.3 is 0 Å². The summed E-state index contributed by atoms with van der Waals surface area (Å²) in [6.45, 7) is 5.87. The number of nitrogens with one attached hydrogen (secondary N) is 1. The van der Waals surface area contributed by atoms with Crippen molar-refractivity contribution in [3.8, 4) is 11.5 Å². The van der Waals surface area contributed by atoms with E-state index in [1.165, 1.54) is 0 Å². The zero-order valence-electron chi connectivity index (χ0n) is 13.1. The highest BCUT2D eigenvalue weighted by molar-refractivity contribution is 5.45. The van der Waals surface area contributed by atoms with Crippen LogP contribution in [0.2, 0.25) is 0 Å². The number of methoxy groups -OCH3 is 2. The van der Waals surface area contributed by atoms with Crippen LogP contribution in [0.4, 0.5) is 0 Å². The van der Waals surface area contributed by atoms with Crippen molar-refractivity contribution < 1.29 is 9.47 Å². The molecule has 1 unspecified atom stereocenters. The molecule has 2 rings (SSSR count). The Balaban J connectivity index is 2.45. The van der Waals surface area contributed by atoms with Crippen molar-refractivity contribution in [2.75, 3.05) is 20.8 Å². The van der Waals surface area contributed by atoms with Gasteiger partial charge in [0, 0.05) is 23.9 Å². The summed E-state index contributed by atoms with van der Waals surface area (Å²) in [7, 11) is 3.35. The van der Waals surface area contributed by atoms with Gasteiger partial charge in [-0.15, -0.1) is 0 Å². The lowest BCUT2D eigenvalue weighted by Crippen LogP contribution is -2.22. The van der Waals surface area contributed by atoms with Gasteiger partial charge in [-0.2, -0.15) is 5.10 Å². The summed E-state index contributed by atoms with van der Waals surface area (Å²) in [5, 5.41) is 7.86. The number of hydrogen-bond donors (Lipinski definition) is 1. The lowest BCUT2D eigenvalue weighted by molar-refractivity contribution is 0.394. The lowest BCUT2D eigenvalue weighted by atomic mass is 10.00. The second kappa shape index (κ2) is 7.13. The Bertz CT molecular complexity index is 581. The average Bonchev–Trinajstić information content (AvgIpc) is 3.00. The summed E-state index contributed by atoms with van der Waals surface area (Å²) in [5.41, 5.74) is 2.17. The molecule has 1 N–H and O–H groups in total. The third kappa shape index (κ3) is 3.36. The van der Waals surface area contributed by atoms with Gasteiger partial charge in [0.1, 0.15) is 11.5 Å². The largest absolute Gasteiger partial charge is 0.497 e. The van der Waals surface area contributed by atoms with Crippen molar-refractivity contribution in [3.63, 3.8) is 0 Å². The molecule has 1 atom stereocenters. The molecule has 0 aliphatic heterocycles. The molecule has 0 amide bonds. The molecule has 1 aromatic carbocycles. The summed E-state index contributed by atoms with van der Waals surface area (Å²) in [6.07, 6.45) is 3.96. The number of rotatable bonds is 7. The zero-order valence-corrected chi connectivity index (χ0v) is 13.1. The minimum Gasteiger partial charge on any atom is -0.497 e. The predicted octanol–water partition coefficient (Wildman–Crippen LogP) is 2.62. The molecule has 114 valence electrons. The van der Waals surface area contributed by atoms with Crippen LogP contribution in [0, 0.1) is 0 Å². The molecule has 5 heteroatoms. The maximum Gasteiger partial charge on any atom is 0.124 e. The SMILES string of the molecule is CCNC(c1cnn(CC)c1)c1cc(OC)ccc1OC. The minimum atomic E-state index is 0.0281. The fourth-order valence-electron chi connectivity index (χ4n) is 2.38. The van der Waals surface area contributed by atoms with E-state index in [1.807, 2.05) is 29.1 Å². The summed E-state index contributed by atoms with van der Waals surface area (Å²) in [6, 6.07) is 5.87. The third-order valence-corrected chi connectivity index (χ3v) is 3.47. The van der Waals surface area contributed by atoms with E-state index in [4.69, 9.17) is 9.47 Å². The van der Waals surface area contributed by atoms with Crippen LogP contribution in [0.3, 0.4) is 0 Å². The number of ether oxygens (including phenoxy) is 2. The van der Waals surface area contributed by atoms with E-state index in [9.17, 15) is 0 Å². The van der Waals surface area contributed by atoms with Crippen LogP contribution in [0.25, 0.3) is 0 Å². The van der Waals surface area contributed by atoms with Crippen LogP contribution in [0.15, 0.2) is 30.6 Å². The summed E-state index contributed by atoms with van der Waals surface area (Å²) in [4.78, 5) is 0. The summed E-state index contributed by atoms with van der Waals surface area (Å²) in [5.74, 6) is 1.66. The molecule has 0 aliphatic carbocycles. The molecule has 0 saturated heterocycles. The Labute approximate surface area is 125 Å². The van der Waals surface area contributed by atoms with E-state index in [0.29, 0.717) is 0 Å². The fraction of sp³-hybridized carbons (Fsp3) is 0.438. The normalized spacial score (nSPS) is 12.2. The highest BCUT2D eigenvalue weighted by Crippen LogP contribution is 2.33. The predicted molar refractivity (Wildman–Crippen MR) is 83.0 cm³/mol. The van der Waals surface area contributed by atoms with E-state index in [-0.39, 0.29) is 6.04 Å². The van der Waals surface area contributed by atoms with Crippen LogP contribution >= 0.6 is 0 Å². The van der Waals surface area contributed by atoms with Gasteiger partial charge in [0.25, 0.3) is 0 Å². The van der Waals surface area contributed by atoms with E-state index in [0.717, 1.165) is 35.7 Å². The van der Waals surface area contributed by atoms with Crippen LogP contribution in [0.5, 0.6) is 11.5 Å². The van der Waals surface area contributed by atoms with Crippen molar-refractivity contribution >= 4 is 0 Å². The van der Waals surface area contributed by atoms with Crippen molar-refractivity contribution in [2.24, 2.45) is 0 Å². The van der Waals surface area contributed by atoms with Crippen LogP contribution in [-0.4, -0.2) is 30.5 Å². The van der Waals surface area contributed by atoms with E-state index in [1.54, 1.807) is 14.2 Å². The molecule has 2 aromatic rings. The van der Waals surface area contributed by atoms with Gasteiger partial charge in [-0.25, -0.2) is 0 Å². The van der Waals surface area contributed by atoms with Crippen molar-refractivity contribution in [2.45, 2.75) is 26.4 Å². The molecule has 1 aromatic heterocycles. The van der Waals surface area contributed by atoms with Crippen LogP contribution in [-0.2, 0) is 6.54 Å². The number of hydrogen-bond acceptors (Lipinski definition) is 4. The third-order valence-electron chi connectivity index (χ3n) is 3.47. The van der Waals surface area contributed by atoms with Gasteiger partial charge in [0.05, 0.1) is 26.5 Å². The smallest absolute Gasteiger partial charge is 0.124 e. The van der Waals surface area contributed by atoms with Crippen molar-refractivity contribution in [1.82, 2.24) is 15.1 Å². The van der Waals surface area contributed by atoms with Gasteiger partial charge in [-0.1, -0.05) is 6.92 Å². The van der Waals surface area contributed by atoms with Crippen molar-refractivity contribution in [3.05, 3.63) is 41.7 Å². The van der Waals surface area contributed by atoms with E-state index < -0.39 is 0 Å². The molecular formula is C16H23N3O2. The number of aryl methyl sites for hydroxylation is 1. The summed E-state index contributed by atoms with van der Waals surface area (Å²) >= 11 is 0. The monoisotopic (exact) mass is 289 g/mol. The number of benzene rings is 1. The van der Waals surface area contributed by atoms with E-state index in [2.05, 4.69) is 30.5 Å². The highest BCUT2D eigenvalue weighted by Gasteiger charge is 2.19. The second-order valence-corrected chi connectivity index (χ2v) is 4.73. The molecule has 0 radical (unpaired) electrons. The standard InChI is InChI=1S/C16H23N3O2/c1-5-17-16(12-10-18-19(6-2)11-12)14-9-13(20-3)7-8-15(14)21-4/h7-11,16-17H,5-6H2,1-4H3. The minimum absolute atomic E-state index is 0.0281. The van der Waals surface area contributed by atoms with Crippen LogP contribution in [0.1, 0.15) is 31.0 Å². The first kappa shape index (κ1) is 15.4. The van der Waals surface area contributed by atoms with Gasteiger partial charge in [-0.3, -0.25) is 4.68 Å². The highest BCUT2D eigenvalue weighted by atomic mass is 16.5. The molecule has 21 heavy (non-hydrogen) atoms. The lowest BCUT2D eigenvalue weighted by Gasteiger charge is -2.20. The zero-order chi connectivity index (χ0) is 15.2. The Morgan fingerprint density at radius 2 is 2.05 bits per heavy atom. The van der Waals surface area contributed by atoms with E-state index >= 15 is 0 Å². The summed E-state index contributed by atoms with van der Waals surface area (Å²) < 4.78 is 12.8.